The molecule has 1 heterocycles. The lowest BCUT2D eigenvalue weighted by Gasteiger charge is -2.20. The smallest absolute Gasteiger partial charge is 0.227 e. The van der Waals surface area contributed by atoms with Gasteiger partial charge in [0.2, 0.25) is 12.3 Å². The molecule has 5 heteroatoms. The zero-order valence-electron chi connectivity index (χ0n) is 16.8. The molecule has 1 aromatic heterocycles. The third-order valence-corrected chi connectivity index (χ3v) is 5.35. The molecule has 2 amide bonds. The molecule has 0 unspecified atom stereocenters. The summed E-state index contributed by atoms with van der Waals surface area (Å²) in [5.41, 5.74) is 5.53. The van der Waals surface area contributed by atoms with Crippen LogP contribution in [0.2, 0.25) is 0 Å². The second-order valence-corrected chi connectivity index (χ2v) is 7.17. The van der Waals surface area contributed by atoms with E-state index in [1.807, 2.05) is 72.9 Å². The summed E-state index contributed by atoms with van der Waals surface area (Å²) in [4.78, 5) is 28.8. The van der Waals surface area contributed by atoms with Crippen molar-refractivity contribution in [1.82, 2.24) is 4.98 Å². The van der Waals surface area contributed by atoms with Crippen molar-refractivity contribution in [2.45, 2.75) is 12.8 Å². The van der Waals surface area contributed by atoms with E-state index in [9.17, 15) is 9.59 Å². The molecule has 2 N–H and O–H groups in total. The molecule has 0 spiro atoms. The van der Waals surface area contributed by atoms with Crippen molar-refractivity contribution in [3.05, 3.63) is 84.6 Å². The summed E-state index contributed by atoms with van der Waals surface area (Å²) in [6.45, 7) is 0. The van der Waals surface area contributed by atoms with E-state index in [0.717, 1.165) is 33.3 Å². The normalized spacial score (nSPS) is 10.7. The number of anilines is 2. The van der Waals surface area contributed by atoms with Gasteiger partial charge in [-0.3, -0.25) is 9.59 Å². The molecule has 3 aromatic carbocycles. The SMILES string of the molecule is CN(C(=O)CCc1c[nH]c2ccccc12)c1ccc(-c2ccccc2)c(NC=O)c1. The minimum Gasteiger partial charge on any atom is -0.361 e. The molecule has 0 fully saturated rings. The second kappa shape index (κ2) is 8.66. The Labute approximate surface area is 175 Å². The molecular formula is C25H23N3O2. The van der Waals surface area contributed by atoms with Crippen molar-refractivity contribution in [2.24, 2.45) is 0 Å². The number of aromatic nitrogens is 1. The molecule has 0 bridgehead atoms. The predicted octanol–water partition coefficient (Wildman–Crippen LogP) is 5.00. The molecule has 0 radical (unpaired) electrons. The van der Waals surface area contributed by atoms with Gasteiger partial charge in [0, 0.05) is 41.8 Å². The topological polar surface area (TPSA) is 65.2 Å². The zero-order chi connectivity index (χ0) is 20.9. The van der Waals surface area contributed by atoms with Crippen LogP contribution in [0.25, 0.3) is 22.0 Å². The number of fused-ring (bicyclic) bond motifs is 1. The Balaban J connectivity index is 1.52. The second-order valence-electron chi connectivity index (χ2n) is 7.17. The molecule has 0 saturated heterocycles. The third kappa shape index (κ3) is 3.96. The van der Waals surface area contributed by atoms with Gasteiger partial charge in [-0.2, -0.15) is 0 Å². The highest BCUT2D eigenvalue weighted by molar-refractivity contribution is 5.96. The Morgan fingerprint density at radius 1 is 1.03 bits per heavy atom. The van der Waals surface area contributed by atoms with Crippen LogP contribution >= 0.6 is 0 Å². The predicted molar refractivity (Wildman–Crippen MR) is 122 cm³/mol. The first-order valence-electron chi connectivity index (χ1n) is 9.88. The van der Waals surface area contributed by atoms with Crippen LogP contribution in [-0.2, 0) is 16.0 Å². The van der Waals surface area contributed by atoms with Crippen LogP contribution in [0.15, 0.2) is 79.0 Å². The average molecular weight is 397 g/mol. The molecule has 30 heavy (non-hydrogen) atoms. The van der Waals surface area contributed by atoms with Crippen LogP contribution in [0.4, 0.5) is 11.4 Å². The Morgan fingerprint density at radius 2 is 1.80 bits per heavy atom. The van der Waals surface area contributed by atoms with Gasteiger partial charge in [-0.15, -0.1) is 0 Å². The van der Waals surface area contributed by atoms with Crippen LogP contribution in [0, 0.1) is 0 Å². The largest absolute Gasteiger partial charge is 0.361 e. The molecular weight excluding hydrogens is 374 g/mol. The fraction of sp³-hybridized carbons (Fsp3) is 0.120. The van der Waals surface area contributed by atoms with Gasteiger partial charge in [0.05, 0.1) is 5.69 Å². The molecule has 4 rings (SSSR count). The number of amides is 2. The number of nitrogens with one attached hydrogen (secondary N) is 2. The molecule has 4 aromatic rings. The number of hydrogen-bond donors (Lipinski definition) is 2. The number of hydrogen-bond acceptors (Lipinski definition) is 2. The number of carbonyl (C=O) groups excluding carboxylic acids is 2. The molecule has 0 saturated carbocycles. The van der Waals surface area contributed by atoms with Crippen LogP contribution in [0.1, 0.15) is 12.0 Å². The molecule has 5 nitrogen and oxygen atoms in total. The van der Waals surface area contributed by atoms with E-state index in [-0.39, 0.29) is 5.91 Å². The minimum absolute atomic E-state index is 0.0183. The highest BCUT2D eigenvalue weighted by Gasteiger charge is 2.15. The Bertz CT molecular complexity index is 1180. The van der Waals surface area contributed by atoms with E-state index in [1.54, 1.807) is 11.9 Å². The van der Waals surface area contributed by atoms with Gasteiger partial charge in [0.1, 0.15) is 0 Å². The maximum atomic E-state index is 12.8. The number of nitrogens with zero attached hydrogens (tertiary/aromatic N) is 1. The number of aromatic amines is 1. The number of aryl methyl sites for hydroxylation is 1. The molecule has 0 atom stereocenters. The van der Waals surface area contributed by atoms with Crippen molar-refractivity contribution in [3.63, 3.8) is 0 Å². The summed E-state index contributed by atoms with van der Waals surface area (Å²) in [7, 11) is 1.76. The Morgan fingerprint density at radius 3 is 2.60 bits per heavy atom. The maximum Gasteiger partial charge on any atom is 0.227 e. The van der Waals surface area contributed by atoms with E-state index in [4.69, 9.17) is 0 Å². The first-order valence-corrected chi connectivity index (χ1v) is 9.88. The number of benzene rings is 3. The first kappa shape index (κ1) is 19.5. The third-order valence-electron chi connectivity index (χ3n) is 5.35. The van der Waals surface area contributed by atoms with Gasteiger partial charge in [-0.05, 0) is 35.7 Å². The van der Waals surface area contributed by atoms with Crippen molar-refractivity contribution in [3.8, 4) is 11.1 Å². The number of H-pyrrole nitrogens is 1. The van der Waals surface area contributed by atoms with E-state index in [2.05, 4.69) is 16.4 Å². The summed E-state index contributed by atoms with van der Waals surface area (Å²) in [5, 5.41) is 3.91. The molecule has 0 aliphatic heterocycles. The first-order chi connectivity index (χ1) is 14.7. The monoisotopic (exact) mass is 397 g/mol. The van der Waals surface area contributed by atoms with Crippen molar-refractivity contribution in [1.29, 1.82) is 0 Å². The van der Waals surface area contributed by atoms with Crippen LogP contribution in [0.3, 0.4) is 0 Å². The zero-order valence-corrected chi connectivity index (χ0v) is 16.8. The van der Waals surface area contributed by atoms with Crippen LogP contribution in [0.5, 0.6) is 0 Å². The highest BCUT2D eigenvalue weighted by atomic mass is 16.2. The summed E-state index contributed by atoms with van der Waals surface area (Å²) in [6.07, 6.45) is 3.69. The lowest BCUT2D eigenvalue weighted by Crippen LogP contribution is -2.26. The Hall–Kier alpha value is -3.86. The standard InChI is InChI=1S/C25H23N3O2/c1-28(25(30)14-11-19-16-26-23-10-6-5-9-21(19)23)20-12-13-22(24(15-20)27-17-29)18-7-3-2-4-8-18/h2-10,12-13,15-17,26H,11,14H2,1H3,(H,27,29). The summed E-state index contributed by atoms with van der Waals surface area (Å²) < 4.78 is 0. The number of carbonyl (C=O) groups is 2. The molecule has 0 aliphatic rings. The minimum atomic E-state index is 0.0183. The van der Waals surface area contributed by atoms with Gasteiger partial charge < -0.3 is 15.2 Å². The summed E-state index contributed by atoms with van der Waals surface area (Å²) in [6, 6.07) is 23.6. The van der Waals surface area contributed by atoms with Crippen LogP contribution in [-0.4, -0.2) is 24.3 Å². The molecule has 0 aliphatic carbocycles. The van der Waals surface area contributed by atoms with Crippen LogP contribution < -0.4 is 10.2 Å². The lowest BCUT2D eigenvalue weighted by molar-refractivity contribution is -0.118. The van der Waals surface area contributed by atoms with Crippen molar-refractivity contribution in [2.75, 3.05) is 17.3 Å². The fourth-order valence-electron chi connectivity index (χ4n) is 3.68. The highest BCUT2D eigenvalue weighted by Crippen LogP contribution is 2.31. The number of rotatable bonds is 7. The van der Waals surface area contributed by atoms with Gasteiger partial charge in [0.25, 0.3) is 0 Å². The maximum absolute atomic E-state index is 12.8. The van der Waals surface area contributed by atoms with Crippen molar-refractivity contribution >= 4 is 34.6 Å². The quantitative estimate of drug-likeness (QED) is 0.431. The van der Waals surface area contributed by atoms with E-state index in [0.29, 0.717) is 24.9 Å². The average Bonchev–Trinajstić information content (AvgIpc) is 3.21. The van der Waals surface area contributed by atoms with E-state index >= 15 is 0 Å². The summed E-state index contributed by atoms with van der Waals surface area (Å²) in [5.74, 6) is 0.0183. The van der Waals surface area contributed by atoms with Gasteiger partial charge in [-0.25, -0.2) is 0 Å². The lowest BCUT2D eigenvalue weighted by atomic mass is 10.0. The van der Waals surface area contributed by atoms with Gasteiger partial charge >= 0.3 is 0 Å². The Kier molecular flexibility index (Phi) is 5.61. The fourth-order valence-corrected chi connectivity index (χ4v) is 3.68. The van der Waals surface area contributed by atoms with Gasteiger partial charge in [0.15, 0.2) is 0 Å². The summed E-state index contributed by atoms with van der Waals surface area (Å²) >= 11 is 0. The molecule has 150 valence electrons. The van der Waals surface area contributed by atoms with E-state index in [1.165, 1.54) is 0 Å². The van der Waals surface area contributed by atoms with E-state index < -0.39 is 0 Å². The van der Waals surface area contributed by atoms with Crippen molar-refractivity contribution < 1.29 is 9.59 Å². The number of para-hydroxylation sites is 1. The van der Waals surface area contributed by atoms with Gasteiger partial charge in [-0.1, -0.05) is 54.6 Å².